The summed E-state index contributed by atoms with van der Waals surface area (Å²) in [6, 6.07) is 8.83. The number of benzene rings is 2. The molecular formula is C15H15ClN2O4. The minimum atomic E-state index is -0.507. The number of ether oxygens (including phenoxy) is 1. The quantitative estimate of drug-likeness (QED) is 0.638. The SMILES string of the molecule is COc1ccc(O)c(C(C)Nc2ccc([N+](=O)[O-])cc2Cl)c1. The zero-order chi connectivity index (χ0) is 16.3. The first kappa shape index (κ1) is 15.9. The fourth-order valence-corrected chi connectivity index (χ4v) is 2.28. The monoisotopic (exact) mass is 322 g/mol. The molecule has 1 atom stereocenters. The average Bonchev–Trinajstić information content (AvgIpc) is 2.49. The summed E-state index contributed by atoms with van der Waals surface area (Å²) in [5.74, 6) is 0.745. The van der Waals surface area contributed by atoms with Gasteiger partial charge in [0.1, 0.15) is 11.5 Å². The molecule has 0 saturated heterocycles. The lowest BCUT2D eigenvalue weighted by Gasteiger charge is -2.18. The van der Waals surface area contributed by atoms with Crippen LogP contribution in [0.5, 0.6) is 11.5 Å². The van der Waals surface area contributed by atoms with Gasteiger partial charge in [-0.1, -0.05) is 11.6 Å². The molecule has 2 N–H and O–H groups in total. The van der Waals surface area contributed by atoms with Crippen LogP contribution in [0.1, 0.15) is 18.5 Å². The maximum Gasteiger partial charge on any atom is 0.271 e. The number of phenolic OH excluding ortho intramolecular Hbond substituents is 1. The van der Waals surface area contributed by atoms with Crippen LogP contribution < -0.4 is 10.1 Å². The Kier molecular flexibility index (Phi) is 4.72. The molecule has 22 heavy (non-hydrogen) atoms. The summed E-state index contributed by atoms with van der Waals surface area (Å²) in [5, 5.41) is 24.0. The topological polar surface area (TPSA) is 84.6 Å². The molecule has 0 spiro atoms. The summed E-state index contributed by atoms with van der Waals surface area (Å²) in [4.78, 5) is 10.2. The lowest BCUT2D eigenvalue weighted by Crippen LogP contribution is -2.07. The van der Waals surface area contributed by atoms with Crippen LogP contribution in [0.3, 0.4) is 0 Å². The summed E-state index contributed by atoms with van der Waals surface area (Å²) in [6.45, 7) is 1.84. The third-order valence-corrected chi connectivity index (χ3v) is 3.55. The smallest absolute Gasteiger partial charge is 0.271 e. The van der Waals surface area contributed by atoms with Gasteiger partial charge in [0.15, 0.2) is 0 Å². The van der Waals surface area contributed by atoms with E-state index in [-0.39, 0.29) is 22.5 Å². The number of phenols is 1. The zero-order valence-corrected chi connectivity index (χ0v) is 12.8. The van der Waals surface area contributed by atoms with Crippen LogP contribution in [0.2, 0.25) is 5.02 Å². The number of aromatic hydroxyl groups is 1. The van der Waals surface area contributed by atoms with E-state index in [9.17, 15) is 15.2 Å². The van der Waals surface area contributed by atoms with Crippen molar-refractivity contribution in [2.24, 2.45) is 0 Å². The molecule has 0 fully saturated rings. The van der Waals surface area contributed by atoms with E-state index in [1.165, 1.54) is 18.2 Å². The minimum Gasteiger partial charge on any atom is -0.508 e. The Labute approximate surface area is 132 Å². The van der Waals surface area contributed by atoms with Crippen LogP contribution >= 0.6 is 11.6 Å². The van der Waals surface area contributed by atoms with Crippen LogP contribution in [-0.2, 0) is 0 Å². The van der Waals surface area contributed by atoms with Gasteiger partial charge in [0.2, 0.25) is 0 Å². The minimum absolute atomic E-state index is 0.0765. The van der Waals surface area contributed by atoms with Crippen molar-refractivity contribution in [3.63, 3.8) is 0 Å². The Morgan fingerprint density at radius 2 is 2.05 bits per heavy atom. The standard InChI is InChI=1S/C15H15ClN2O4/c1-9(12-8-11(22-2)4-6-15(12)19)17-14-5-3-10(18(20)21)7-13(14)16/h3-9,17,19H,1-2H3. The Balaban J connectivity index is 2.25. The van der Waals surface area contributed by atoms with Crippen molar-refractivity contribution in [3.05, 3.63) is 57.1 Å². The Bertz CT molecular complexity index is 706. The second kappa shape index (κ2) is 6.53. The summed E-state index contributed by atoms with van der Waals surface area (Å²) < 4.78 is 5.14. The summed E-state index contributed by atoms with van der Waals surface area (Å²) in [6.07, 6.45) is 0. The lowest BCUT2D eigenvalue weighted by molar-refractivity contribution is -0.384. The number of nitrogens with zero attached hydrogens (tertiary/aromatic N) is 1. The number of halogens is 1. The maximum atomic E-state index is 10.7. The predicted molar refractivity (Wildman–Crippen MR) is 84.8 cm³/mol. The molecule has 2 rings (SSSR count). The predicted octanol–water partition coefficient (Wildman–Crippen LogP) is 4.14. The molecule has 0 amide bonds. The number of nitro groups is 1. The Morgan fingerprint density at radius 3 is 2.64 bits per heavy atom. The molecule has 2 aromatic carbocycles. The average molecular weight is 323 g/mol. The van der Waals surface area contributed by atoms with E-state index < -0.39 is 4.92 Å². The number of rotatable bonds is 5. The van der Waals surface area contributed by atoms with E-state index in [4.69, 9.17) is 16.3 Å². The molecule has 0 bridgehead atoms. The number of nitrogens with one attached hydrogen (secondary N) is 1. The zero-order valence-electron chi connectivity index (χ0n) is 12.0. The third-order valence-electron chi connectivity index (χ3n) is 3.24. The molecule has 116 valence electrons. The van der Waals surface area contributed by atoms with Gasteiger partial charge in [0.25, 0.3) is 5.69 Å². The first-order valence-corrected chi connectivity index (χ1v) is 6.87. The number of nitro benzene ring substituents is 1. The molecular weight excluding hydrogens is 308 g/mol. The van der Waals surface area contributed by atoms with E-state index in [0.29, 0.717) is 17.0 Å². The molecule has 0 radical (unpaired) electrons. The van der Waals surface area contributed by atoms with Crippen molar-refractivity contribution in [1.29, 1.82) is 0 Å². The van der Waals surface area contributed by atoms with E-state index in [0.717, 1.165) is 0 Å². The van der Waals surface area contributed by atoms with E-state index >= 15 is 0 Å². The number of hydrogen-bond donors (Lipinski definition) is 2. The summed E-state index contributed by atoms with van der Waals surface area (Å²) in [5.41, 5.74) is 1.10. The molecule has 0 aliphatic carbocycles. The van der Waals surface area contributed by atoms with Crippen LogP contribution in [0.15, 0.2) is 36.4 Å². The fourth-order valence-electron chi connectivity index (χ4n) is 2.05. The highest BCUT2D eigenvalue weighted by Crippen LogP contribution is 2.33. The van der Waals surface area contributed by atoms with Crippen LogP contribution in [0, 0.1) is 10.1 Å². The maximum absolute atomic E-state index is 10.7. The van der Waals surface area contributed by atoms with Crippen molar-refractivity contribution >= 4 is 23.0 Å². The largest absolute Gasteiger partial charge is 0.508 e. The van der Waals surface area contributed by atoms with E-state index in [1.807, 2.05) is 6.92 Å². The van der Waals surface area contributed by atoms with E-state index in [2.05, 4.69) is 5.32 Å². The van der Waals surface area contributed by atoms with Gasteiger partial charge < -0.3 is 15.2 Å². The van der Waals surface area contributed by atoms with Gasteiger partial charge in [-0.05, 0) is 31.2 Å². The lowest BCUT2D eigenvalue weighted by atomic mass is 10.1. The van der Waals surface area contributed by atoms with Gasteiger partial charge in [-0.25, -0.2) is 0 Å². The number of non-ortho nitro benzene ring substituents is 1. The molecule has 0 heterocycles. The van der Waals surface area contributed by atoms with Crippen molar-refractivity contribution in [2.45, 2.75) is 13.0 Å². The molecule has 6 nitrogen and oxygen atoms in total. The van der Waals surface area contributed by atoms with Crippen LogP contribution in [-0.4, -0.2) is 17.1 Å². The van der Waals surface area contributed by atoms with Crippen molar-refractivity contribution in [3.8, 4) is 11.5 Å². The first-order valence-electron chi connectivity index (χ1n) is 6.49. The Hall–Kier alpha value is -2.47. The highest BCUT2D eigenvalue weighted by Gasteiger charge is 2.15. The molecule has 0 aliphatic heterocycles. The van der Waals surface area contributed by atoms with Gasteiger partial charge in [-0.2, -0.15) is 0 Å². The highest BCUT2D eigenvalue weighted by molar-refractivity contribution is 6.33. The van der Waals surface area contributed by atoms with E-state index in [1.54, 1.807) is 25.3 Å². The molecule has 2 aromatic rings. The third kappa shape index (κ3) is 3.40. The van der Waals surface area contributed by atoms with Crippen molar-refractivity contribution in [2.75, 3.05) is 12.4 Å². The van der Waals surface area contributed by atoms with Crippen LogP contribution in [0.25, 0.3) is 0 Å². The van der Waals surface area contributed by atoms with Crippen molar-refractivity contribution in [1.82, 2.24) is 0 Å². The van der Waals surface area contributed by atoms with Gasteiger partial charge in [0.05, 0.1) is 28.8 Å². The molecule has 0 saturated carbocycles. The Morgan fingerprint density at radius 1 is 1.32 bits per heavy atom. The second-order valence-electron chi connectivity index (χ2n) is 4.71. The second-order valence-corrected chi connectivity index (χ2v) is 5.12. The fraction of sp³-hybridized carbons (Fsp3) is 0.200. The van der Waals surface area contributed by atoms with Gasteiger partial charge in [-0.15, -0.1) is 0 Å². The van der Waals surface area contributed by atoms with Crippen LogP contribution in [0.4, 0.5) is 11.4 Å². The number of anilines is 1. The summed E-state index contributed by atoms with van der Waals surface area (Å²) in [7, 11) is 1.54. The number of hydrogen-bond acceptors (Lipinski definition) is 5. The van der Waals surface area contributed by atoms with Crippen molar-refractivity contribution < 1.29 is 14.8 Å². The first-order chi connectivity index (χ1) is 10.4. The molecule has 0 aromatic heterocycles. The molecule has 1 unspecified atom stereocenters. The molecule has 0 aliphatic rings. The van der Waals surface area contributed by atoms with Gasteiger partial charge in [0, 0.05) is 17.7 Å². The molecule has 7 heteroatoms. The normalized spacial score (nSPS) is 11.8. The van der Waals surface area contributed by atoms with Gasteiger partial charge >= 0.3 is 0 Å². The van der Waals surface area contributed by atoms with Gasteiger partial charge in [-0.3, -0.25) is 10.1 Å². The summed E-state index contributed by atoms with van der Waals surface area (Å²) >= 11 is 6.05. The number of methoxy groups -OCH3 is 1. The highest BCUT2D eigenvalue weighted by atomic mass is 35.5.